The van der Waals surface area contributed by atoms with Gasteiger partial charge in [-0.2, -0.15) is 0 Å². The van der Waals surface area contributed by atoms with Gasteiger partial charge in [0, 0.05) is 39.0 Å². The van der Waals surface area contributed by atoms with E-state index in [1.165, 1.54) is 5.56 Å². The molecule has 1 aromatic carbocycles. The summed E-state index contributed by atoms with van der Waals surface area (Å²) in [5.74, 6) is 0. The van der Waals surface area contributed by atoms with Crippen LogP contribution in [-0.2, 0) is 0 Å². The first-order chi connectivity index (χ1) is 11.0. The number of nitrogens with one attached hydrogen (secondary N) is 1. The Morgan fingerprint density at radius 1 is 1.48 bits per heavy atom. The molecule has 0 bridgehead atoms. The molecule has 0 saturated carbocycles. The molecular weight excluding hydrogens is 290 g/mol. The molecule has 0 aliphatic carbocycles. The second-order valence-electron chi connectivity index (χ2n) is 6.56. The van der Waals surface area contributed by atoms with Gasteiger partial charge in [-0.3, -0.25) is 0 Å². The number of aliphatic hydroxyl groups excluding tert-OH is 1. The van der Waals surface area contributed by atoms with Crippen LogP contribution in [0.3, 0.4) is 0 Å². The number of carbonyl (C=O) groups is 1. The third-order valence-electron chi connectivity index (χ3n) is 4.45. The van der Waals surface area contributed by atoms with E-state index in [-0.39, 0.29) is 24.7 Å². The van der Waals surface area contributed by atoms with Crippen LogP contribution in [0.25, 0.3) is 0 Å². The van der Waals surface area contributed by atoms with Crippen molar-refractivity contribution in [3.8, 4) is 0 Å². The molecule has 1 aromatic rings. The van der Waals surface area contributed by atoms with Crippen LogP contribution in [0.5, 0.6) is 0 Å². The van der Waals surface area contributed by atoms with E-state index in [0.717, 1.165) is 37.9 Å². The van der Waals surface area contributed by atoms with Crippen LogP contribution in [0.2, 0.25) is 0 Å². The van der Waals surface area contributed by atoms with Crippen LogP contribution in [-0.4, -0.2) is 49.3 Å². The minimum Gasteiger partial charge on any atom is -0.396 e. The summed E-state index contributed by atoms with van der Waals surface area (Å²) in [6.07, 6.45) is 3.57. The molecular formula is C18H29N3O2. The summed E-state index contributed by atoms with van der Waals surface area (Å²) in [6, 6.07) is 8.67. The number of hydrogen-bond donors (Lipinski definition) is 2. The molecule has 1 heterocycles. The zero-order valence-electron chi connectivity index (χ0n) is 14.5. The zero-order chi connectivity index (χ0) is 16.8. The van der Waals surface area contributed by atoms with E-state index in [9.17, 15) is 4.79 Å². The van der Waals surface area contributed by atoms with Gasteiger partial charge in [-0.1, -0.05) is 12.1 Å². The molecule has 2 unspecified atom stereocenters. The number of anilines is 1. The van der Waals surface area contributed by atoms with Crippen LogP contribution >= 0.6 is 0 Å². The lowest BCUT2D eigenvalue weighted by Gasteiger charge is -2.28. The van der Waals surface area contributed by atoms with E-state index >= 15 is 0 Å². The highest BCUT2D eigenvalue weighted by Crippen LogP contribution is 2.33. The third-order valence-corrected chi connectivity index (χ3v) is 4.45. The monoisotopic (exact) mass is 319 g/mol. The summed E-state index contributed by atoms with van der Waals surface area (Å²) >= 11 is 0. The lowest BCUT2D eigenvalue weighted by Crippen LogP contribution is -2.43. The minimum absolute atomic E-state index is 0.00759. The molecule has 1 saturated heterocycles. The Labute approximate surface area is 139 Å². The Morgan fingerprint density at radius 3 is 2.96 bits per heavy atom. The first-order valence-corrected chi connectivity index (χ1v) is 8.48. The Hall–Kier alpha value is -1.75. The Kier molecular flexibility index (Phi) is 6.28. The maximum Gasteiger partial charge on any atom is 0.318 e. The van der Waals surface area contributed by atoms with Crippen molar-refractivity contribution in [3.63, 3.8) is 0 Å². The molecule has 23 heavy (non-hydrogen) atoms. The maximum atomic E-state index is 12.6. The topological polar surface area (TPSA) is 55.8 Å². The van der Waals surface area contributed by atoms with E-state index in [1.54, 1.807) is 0 Å². The summed E-state index contributed by atoms with van der Waals surface area (Å²) in [5, 5.41) is 12.0. The van der Waals surface area contributed by atoms with E-state index < -0.39 is 0 Å². The second-order valence-corrected chi connectivity index (χ2v) is 6.56. The molecule has 1 fully saturated rings. The number of rotatable bonds is 6. The molecule has 5 heteroatoms. The number of likely N-dealkylation sites (tertiary alicyclic amines) is 1. The van der Waals surface area contributed by atoms with Crippen molar-refractivity contribution in [2.24, 2.45) is 0 Å². The number of aliphatic hydroxyl groups is 1. The molecule has 2 rings (SSSR count). The predicted octanol–water partition coefficient (Wildman–Crippen LogP) is 2.76. The first-order valence-electron chi connectivity index (χ1n) is 8.48. The summed E-state index contributed by atoms with van der Waals surface area (Å²) in [5.41, 5.74) is 2.36. The van der Waals surface area contributed by atoms with Gasteiger partial charge in [0.05, 0.1) is 6.04 Å². The van der Waals surface area contributed by atoms with Crippen molar-refractivity contribution in [3.05, 3.63) is 29.8 Å². The summed E-state index contributed by atoms with van der Waals surface area (Å²) in [4.78, 5) is 16.6. The average molecular weight is 319 g/mol. The number of carbonyl (C=O) groups excluding carboxylic acids is 1. The number of hydrogen-bond acceptors (Lipinski definition) is 3. The first kappa shape index (κ1) is 17.6. The van der Waals surface area contributed by atoms with Gasteiger partial charge in [0.1, 0.15) is 0 Å². The van der Waals surface area contributed by atoms with Crippen molar-refractivity contribution >= 4 is 11.7 Å². The van der Waals surface area contributed by atoms with Gasteiger partial charge in [-0.15, -0.1) is 0 Å². The van der Waals surface area contributed by atoms with Crippen LogP contribution in [0, 0.1) is 0 Å². The fourth-order valence-corrected chi connectivity index (χ4v) is 3.13. The van der Waals surface area contributed by atoms with Crippen LogP contribution < -0.4 is 10.2 Å². The highest BCUT2D eigenvalue weighted by atomic mass is 16.3. The van der Waals surface area contributed by atoms with Crippen LogP contribution in [0.15, 0.2) is 24.3 Å². The lowest BCUT2D eigenvalue weighted by atomic mass is 10.0. The largest absolute Gasteiger partial charge is 0.396 e. The standard InChI is InChI=1S/C18H29N3O2/c1-14(7-6-12-22)19-18(23)21-11-5-10-17(21)15-8-4-9-16(13-15)20(2)3/h4,8-9,13-14,17,22H,5-7,10-12H2,1-3H3,(H,19,23). The fourth-order valence-electron chi connectivity index (χ4n) is 3.13. The minimum atomic E-state index is 0.00759. The van der Waals surface area contributed by atoms with Crippen LogP contribution in [0.1, 0.15) is 44.2 Å². The summed E-state index contributed by atoms with van der Waals surface area (Å²) in [7, 11) is 4.06. The highest BCUT2D eigenvalue weighted by Gasteiger charge is 2.30. The van der Waals surface area contributed by atoms with Crippen molar-refractivity contribution in [1.29, 1.82) is 0 Å². The molecule has 1 aliphatic heterocycles. The van der Waals surface area contributed by atoms with Crippen LogP contribution in [0.4, 0.5) is 10.5 Å². The number of benzene rings is 1. The second kappa shape index (κ2) is 8.20. The van der Waals surface area contributed by atoms with Crippen molar-refractivity contribution < 1.29 is 9.90 Å². The van der Waals surface area contributed by atoms with E-state index in [0.29, 0.717) is 0 Å². The fraction of sp³-hybridized carbons (Fsp3) is 0.611. The normalized spacial score (nSPS) is 18.8. The van der Waals surface area contributed by atoms with Crippen molar-refractivity contribution in [2.45, 2.75) is 44.7 Å². The molecule has 0 aromatic heterocycles. The van der Waals surface area contributed by atoms with Crippen molar-refractivity contribution in [2.75, 3.05) is 32.1 Å². The number of nitrogens with zero attached hydrogens (tertiary/aromatic N) is 2. The smallest absolute Gasteiger partial charge is 0.318 e. The predicted molar refractivity (Wildman–Crippen MR) is 93.8 cm³/mol. The maximum absolute atomic E-state index is 12.6. The van der Waals surface area contributed by atoms with Crippen molar-refractivity contribution in [1.82, 2.24) is 10.2 Å². The SMILES string of the molecule is CC(CCCO)NC(=O)N1CCCC1c1cccc(N(C)C)c1. The number of urea groups is 1. The molecule has 2 atom stereocenters. The average Bonchev–Trinajstić information content (AvgIpc) is 3.02. The third kappa shape index (κ3) is 4.61. The molecule has 2 N–H and O–H groups in total. The molecule has 1 aliphatic rings. The van der Waals surface area contributed by atoms with Gasteiger partial charge in [-0.05, 0) is 50.3 Å². The highest BCUT2D eigenvalue weighted by molar-refractivity contribution is 5.75. The van der Waals surface area contributed by atoms with E-state index in [1.807, 2.05) is 25.9 Å². The number of amides is 2. The molecule has 5 nitrogen and oxygen atoms in total. The molecule has 0 radical (unpaired) electrons. The summed E-state index contributed by atoms with van der Waals surface area (Å²) in [6.45, 7) is 2.96. The Bertz CT molecular complexity index is 519. The molecule has 2 amide bonds. The van der Waals surface area contributed by atoms with E-state index in [2.05, 4.69) is 34.5 Å². The molecule has 128 valence electrons. The van der Waals surface area contributed by atoms with Gasteiger partial charge in [0.2, 0.25) is 0 Å². The van der Waals surface area contributed by atoms with Gasteiger partial charge in [0.25, 0.3) is 0 Å². The van der Waals surface area contributed by atoms with Gasteiger partial charge in [0.15, 0.2) is 0 Å². The summed E-state index contributed by atoms with van der Waals surface area (Å²) < 4.78 is 0. The molecule has 0 spiro atoms. The van der Waals surface area contributed by atoms with Gasteiger partial charge < -0.3 is 20.2 Å². The lowest BCUT2D eigenvalue weighted by molar-refractivity contribution is 0.188. The Balaban J connectivity index is 2.05. The quantitative estimate of drug-likeness (QED) is 0.848. The zero-order valence-corrected chi connectivity index (χ0v) is 14.5. The van der Waals surface area contributed by atoms with Gasteiger partial charge >= 0.3 is 6.03 Å². The Morgan fingerprint density at radius 2 is 2.26 bits per heavy atom. The van der Waals surface area contributed by atoms with Gasteiger partial charge in [-0.25, -0.2) is 4.79 Å². The van der Waals surface area contributed by atoms with E-state index in [4.69, 9.17) is 5.11 Å².